The molecule has 2 amide bonds. The lowest BCUT2D eigenvalue weighted by Crippen LogP contribution is -2.28. The first-order valence-electron chi connectivity index (χ1n) is 9.18. The van der Waals surface area contributed by atoms with Crippen LogP contribution in [0.15, 0.2) is 35.5 Å². The number of aromatic carboxylic acids is 1. The average Bonchev–Trinajstić information content (AvgIpc) is 2.70. The molecule has 3 rings (SSSR count). The quantitative estimate of drug-likeness (QED) is 0.586. The van der Waals surface area contributed by atoms with E-state index in [4.69, 9.17) is 0 Å². The predicted octanol–water partition coefficient (Wildman–Crippen LogP) is 1.90. The van der Waals surface area contributed by atoms with Crippen LogP contribution in [0.2, 0.25) is 0 Å². The van der Waals surface area contributed by atoms with Crippen LogP contribution in [0.5, 0.6) is 0 Å². The minimum Gasteiger partial charge on any atom is -0.477 e. The Bertz CT molecular complexity index is 1200. The lowest BCUT2D eigenvalue weighted by Gasteiger charge is -2.19. The molecule has 0 aromatic carbocycles. The van der Waals surface area contributed by atoms with Crippen LogP contribution >= 0.6 is 0 Å². The Balaban J connectivity index is 2.14. The van der Waals surface area contributed by atoms with Crippen molar-refractivity contribution in [1.29, 1.82) is 0 Å². The number of amides is 2. The molecule has 0 aliphatic rings. The molecule has 3 heterocycles. The molecule has 0 spiro atoms. The van der Waals surface area contributed by atoms with Crippen molar-refractivity contribution < 1.29 is 14.7 Å². The van der Waals surface area contributed by atoms with Crippen LogP contribution in [0.3, 0.4) is 0 Å². The summed E-state index contributed by atoms with van der Waals surface area (Å²) in [7, 11) is 5.31. The third-order valence-electron chi connectivity index (χ3n) is 4.50. The largest absolute Gasteiger partial charge is 0.477 e. The van der Waals surface area contributed by atoms with Gasteiger partial charge in [-0.05, 0) is 13.0 Å². The Morgan fingerprint density at radius 3 is 2.57 bits per heavy atom. The number of carbonyl (C=O) groups is 2. The zero-order chi connectivity index (χ0) is 22.0. The molecule has 0 saturated heterocycles. The summed E-state index contributed by atoms with van der Waals surface area (Å²) in [4.78, 5) is 46.3. The number of fused-ring (bicyclic) bond motifs is 1. The zero-order valence-corrected chi connectivity index (χ0v) is 17.1. The minimum absolute atomic E-state index is 0.198. The van der Waals surface area contributed by atoms with E-state index in [9.17, 15) is 19.5 Å². The first kappa shape index (κ1) is 20.8. The molecule has 3 aromatic rings. The minimum atomic E-state index is -1.29. The van der Waals surface area contributed by atoms with Crippen LogP contribution in [0.25, 0.3) is 22.2 Å². The van der Waals surface area contributed by atoms with E-state index in [0.717, 1.165) is 5.69 Å². The number of urea groups is 1. The van der Waals surface area contributed by atoms with E-state index < -0.39 is 11.4 Å². The van der Waals surface area contributed by atoms with Gasteiger partial charge in [-0.15, -0.1) is 0 Å². The maximum absolute atomic E-state index is 12.6. The van der Waals surface area contributed by atoms with Crippen LogP contribution in [0.4, 0.5) is 16.3 Å². The number of nitrogens with one attached hydrogen (secondary N) is 2. The van der Waals surface area contributed by atoms with E-state index >= 15 is 0 Å². The highest BCUT2D eigenvalue weighted by atomic mass is 16.4. The third-order valence-corrected chi connectivity index (χ3v) is 4.50. The van der Waals surface area contributed by atoms with Crippen LogP contribution in [-0.4, -0.2) is 52.3 Å². The van der Waals surface area contributed by atoms with Crippen LogP contribution in [-0.2, 0) is 7.05 Å². The summed E-state index contributed by atoms with van der Waals surface area (Å²) < 4.78 is 1.51. The molecule has 30 heavy (non-hydrogen) atoms. The highest BCUT2D eigenvalue weighted by Gasteiger charge is 2.17. The fraction of sp³-hybridized carbons (Fsp3) is 0.250. The number of hydrogen-bond acceptors (Lipinski definition) is 6. The first-order chi connectivity index (χ1) is 14.2. The van der Waals surface area contributed by atoms with Crippen molar-refractivity contribution in [2.75, 3.05) is 30.9 Å². The van der Waals surface area contributed by atoms with E-state index in [2.05, 4.69) is 20.6 Å². The average molecular weight is 410 g/mol. The standard InChI is InChI=1S/C20H22N6O4/c1-5-21-20(30)24-16-7-15(25(2)3)13(9-22-16)11-6-12-17(27)14(19(28)29)10-26(4)18(12)23-8-11/h6-10H,5H2,1-4H3,(H,28,29)(H2,21,22,24,30). The van der Waals surface area contributed by atoms with Crippen molar-refractivity contribution in [1.82, 2.24) is 19.9 Å². The topological polar surface area (TPSA) is 129 Å². The van der Waals surface area contributed by atoms with Crippen LogP contribution in [0, 0.1) is 0 Å². The maximum Gasteiger partial charge on any atom is 0.341 e. The lowest BCUT2D eigenvalue weighted by molar-refractivity contribution is 0.0695. The summed E-state index contributed by atoms with van der Waals surface area (Å²) in [6.07, 6.45) is 4.43. The first-order valence-corrected chi connectivity index (χ1v) is 9.18. The van der Waals surface area contributed by atoms with Gasteiger partial charge in [0.25, 0.3) is 0 Å². The van der Waals surface area contributed by atoms with Gasteiger partial charge in [-0.3, -0.25) is 10.1 Å². The highest BCUT2D eigenvalue weighted by molar-refractivity contribution is 5.94. The fourth-order valence-corrected chi connectivity index (χ4v) is 3.09. The number of nitrogens with zero attached hydrogens (tertiary/aromatic N) is 4. The van der Waals surface area contributed by atoms with Gasteiger partial charge in [0.05, 0.1) is 5.39 Å². The Kier molecular flexibility index (Phi) is 5.67. The summed E-state index contributed by atoms with van der Waals surface area (Å²) in [6.45, 7) is 2.30. The molecular formula is C20H22N6O4. The Morgan fingerprint density at radius 1 is 1.20 bits per heavy atom. The van der Waals surface area contributed by atoms with Gasteiger partial charge in [0, 0.05) is 69.2 Å². The Morgan fingerprint density at radius 2 is 1.93 bits per heavy atom. The van der Waals surface area contributed by atoms with Crippen molar-refractivity contribution in [2.45, 2.75) is 6.92 Å². The van der Waals surface area contributed by atoms with E-state index in [1.807, 2.05) is 25.9 Å². The molecule has 0 saturated carbocycles. The monoisotopic (exact) mass is 410 g/mol. The van der Waals surface area contributed by atoms with E-state index in [-0.39, 0.29) is 17.0 Å². The molecule has 0 aliphatic carbocycles. The third kappa shape index (κ3) is 3.93. The van der Waals surface area contributed by atoms with Crippen molar-refractivity contribution in [3.63, 3.8) is 0 Å². The molecule has 10 heteroatoms. The molecule has 10 nitrogen and oxygen atoms in total. The van der Waals surface area contributed by atoms with Gasteiger partial charge < -0.3 is 19.9 Å². The summed E-state index contributed by atoms with van der Waals surface area (Å²) in [5.41, 5.74) is 1.48. The molecular weight excluding hydrogens is 388 g/mol. The van der Waals surface area contributed by atoms with Gasteiger partial charge in [-0.2, -0.15) is 0 Å². The number of rotatable bonds is 5. The lowest BCUT2D eigenvalue weighted by atomic mass is 10.0. The zero-order valence-electron chi connectivity index (χ0n) is 17.1. The van der Waals surface area contributed by atoms with Crippen LogP contribution < -0.4 is 21.0 Å². The summed E-state index contributed by atoms with van der Waals surface area (Å²) in [6, 6.07) is 2.96. The number of anilines is 2. The number of hydrogen-bond donors (Lipinski definition) is 3. The Hall–Kier alpha value is -3.95. The van der Waals surface area contributed by atoms with Crippen molar-refractivity contribution in [3.05, 3.63) is 46.5 Å². The van der Waals surface area contributed by atoms with Gasteiger partial charge in [-0.1, -0.05) is 0 Å². The molecule has 3 N–H and O–H groups in total. The number of carbonyl (C=O) groups excluding carboxylic acids is 1. The normalized spacial score (nSPS) is 10.7. The van der Waals surface area contributed by atoms with Crippen molar-refractivity contribution in [2.24, 2.45) is 7.05 Å². The second-order valence-electron chi connectivity index (χ2n) is 6.85. The molecule has 0 atom stereocenters. The summed E-state index contributed by atoms with van der Waals surface area (Å²) in [5, 5.41) is 14.8. The molecule has 156 valence electrons. The molecule has 0 fully saturated rings. The maximum atomic E-state index is 12.6. The number of carboxylic acid groups (broad SMARTS) is 1. The second-order valence-corrected chi connectivity index (χ2v) is 6.85. The summed E-state index contributed by atoms with van der Waals surface area (Å²) in [5.74, 6) is -0.925. The molecule has 0 unspecified atom stereocenters. The van der Waals surface area contributed by atoms with Gasteiger partial charge in [0.15, 0.2) is 0 Å². The molecule has 3 aromatic heterocycles. The molecule has 0 aliphatic heterocycles. The smallest absolute Gasteiger partial charge is 0.341 e. The molecule has 0 radical (unpaired) electrons. The van der Waals surface area contributed by atoms with E-state index in [0.29, 0.717) is 29.1 Å². The van der Waals surface area contributed by atoms with Gasteiger partial charge >= 0.3 is 12.0 Å². The fourth-order valence-electron chi connectivity index (χ4n) is 3.09. The number of aromatic nitrogens is 3. The van der Waals surface area contributed by atoms with Gasteiger partial charge in [-0.25, -0.2) is 19.6 Å². The SMILES string of the molecule is CCNC(=O)Nc1cc(N(C)C)c(-c2cnc3c(c2)c(=O)c(C(=O)O)cn3C)cn1. The van der Waals surface area contributed by atoms with E-state index in [1.165, 1.54) is 10.8 Å². The van der Waals surface area contributed by atoms with Crippen molar-refractivity contribution in [3.8, 4) is 11.1 Å². The molecule has 0 bridgehead atoms. The second kappa shape index (κ2) is 8.19. The number of carboxylic acids is 1. The van der Waals surface area contributed by atoms with Gasteiger partial charge in [0.1, 0.15) is 17.0 Å². The highest BCUT2D eigenvalue weighted by Crippen LogP contribution is 2.31. The Labute approximate surface area is 172 Å². The number of aryl methyl sites for hydroxylation is 1. The van der Waals surface area contributed by atoms with Crippen LogP contribution in [0.1, 0.15) is 17.3 Å². The van der Waals surface area contributed by atoms with Gasteiger partial charge in [0.2, 0.25) is 5.43 Å². The predicted molar refractivity (Wildman–Crippen MR) is 114 cm³/mol. The van der Waals surface area contributed by atoms with E-state index in [1.54, 1.807) is 31.6 Å². The van der Waals surface area contributed by atoms with Crippen molar-refractivity contribution >= 4 is 34.5 Å². The number of pyridine rings is 3. The summed E-state index contributed by atoms with van der Waals surface area (Å²) >= 11 is 0.